The summed E-state index contributed by atoms with van der Waals surface area (Å²) in [4.78, 5) is 43.3. The molecule has 1 fully saturated rings. The molecule has 7 heteroatoms. The van der Waals surface area contributed by atoms with Crippen LogP contribution < -0.4 is 11.2 Å². The van der Waals surface area contributed by atoms with E-state index in [0.717, 1.165) is 18.4 Å². The number of nitrogens with zero attached hydrogens (tertiary/aromatic N) is 3. The van der Waals surface area contributed by atoms with Crippen molar-refractivity contribution in [1.82, 2.24) is 19.0 Å². The molecule has 0 atom stereocenters. The maximum absolute atomic E-state index is 13.0. The van der Waals surface area contributed by atoms with Crippen LogP contribution in [0.1, 0.15) is 35.7 Å². The van der Waals surface area contributed by atoms with Crippen LogP contribution in [0.25, 0.3) is 11.0 Å². The number of aryl methyl sites for hydroxylation is 1. The SMILES string of the molecule is CC1CCN(C(=O)c2cn(C)c3c(=O)n(Cc4ccccc4)c(=O)[nH]c23)CC1. The first-order valence-corrected chi connectivity index (χ1v) is 9.61. The summed E-state index contributed by atoms with van der Waals surface area (Å²) in [5.74, 6) is 0.481. The van der Waals surface area contributed by atoms with Gasteiger partial charge in [-0.15, -0.1) is 0 Å². The molecule has 0 radical (unpaired) electrons. The second-order valence-corrected chi connectivity index (χ2v) is 7.66. The summed E-state index contributed by atoms with van der Waals surface area (Å²) in [6.45, 7) is 3.77. The smallest absolute Gasteiger partial charge is 0.329 e. The van der Waals surface area contributed by atoms with Gasteiger partial charge in [-0.3, -0.25) is 14.2 Å². The van der Waals surface area contributed by atoms with E-state index in [0.29, 0.717) is 35.6 Å². The summed E-state index contributed by atoms with van der Waals surface area (Å²) in [5.41, 5.74) is 1.01. The van der Waals surface area contributed by atoms with Crippen molar-refractivity contribution in [2.45, 2.75) is 26.3 Å². The Labute approximate surface area is 162 Å². The average molecular weight is 380 g/mol. The predicted octanol–water partition coefficient (Wildman–Crippen LogP) is 1.95. The highest BCUT2D eigenvalue weighted by molar-refractivity contribution is 6.05. The summed E-state index contributed by atoms with van der Waals surface area (Å²) >= 11 is 0. The summed E-state index contributed by atoms with van der Waals surface area (Å²) in [5, 5.41) is 0. The molecule has 3 heterocycles. The predicted molar refractivity (Wildman–Crippen MR) is 108 cm³/mol. The largest absolute Gasteiger partial charge is 0.344 e. The van der Waals surface area contributed by atoms with E-state index in [9.17, 15) is 14.4 Å². The van der Waals surface area contributed by atoms with Crippen LogP contribution in [0.4, 0.5) is 0 Å². The average Bonchev–Trinajstić information content (AvgIpc) is 3.02. The molecule has 28 heavy (non-hydrogen) atoms. The Balaban J connectivity index is 1.76. The van der Waals surface area contributed by atoms with E-state index in [1.165, 1.54) is 4.57 Å². The first kappa shape index (κ1) is 18.3. The van der Waals surface area contributed by atoms with Crippen molar-refractivity contribution in [2.75, 3.05) is 13.1 Å². The lowest BCUT2D eigenvalue weighted by molar-refractivity contribution is 0.0699. The fourth-order valence-electron chi connectivity index (χ4n) is 3.86. The van der Waals surface area contributed by atoms with E-state index in [1.807, 2.05) is 35.2 Å². The van der Waals surface area contributed by atoms with Gasteiger partial charge in [-0.2, -0.15) is 0 Å². The van der Waals surface area contributed by atoms with Crippen LogP contribution in [0.5, 0.6) is 0 Å². The van der Waals surface area contributed by atoms with Gasteiger partial charge < -0.3 is 14.5 Å². The van der Waals surface area contributed by atoms with E-state index in [4.69, 9.17) is 0 Å². The van der Waals surface area contributed by atoms with Crippen molar-refractivity contribution in [3.8, 4) is 0 Å². The van der Waals surface area contributed by atoms with Gasteiger partial charge >= 0.3 is 5.69 Å². The number of piperidine rings is 1. The zero-order valence-electron chi connectivity index (χ0n) is 16.1. The van der Waals surface area contributed by atoms with Crippen molar-refractivity contribution < 1.29 is 4.79 Å². The van der Waals surface area contributed by atoms with Crippen LogP contribution in [0.15, 0.2) is 46.1 Å². The second-order valence-electron chi connectivity index (χ2n) is 7.66. The van der Waals surface area contributed by atoms with Gasteiger partial charge in [0.25, 0.3) is 11.5 Å². The van der Waals surface area contributed by atoms with Crippen molar-refractivity contribution in [3.63, 3.8) is 0 Å². The van der Waals surface area contributed by atoms with Crippen molar-refractivity contribution >= 4 is 16.9 Å². The van der Waals surface area contributed by atoms with Crippen molar-refractivity contribution in [1.29, 1.82) is 0 Å². The lowest BCUT2D eigenvalue weighted by atomic mass is 9.99. The number of hydrogen-bond donors (Lipinski definition) is 1. The molecule has 7 nitrogen and oxygen atoms in total. The van der Waals surface area contributed by atoms with Crippen molar-refractivity contribution in [2.24, 2.45) is 13.0 Å². The number of carbonyl (C=O) groups excluding carboxylic acids is 1. The molecule has 1 aliphatic rings. The standard InChI is InChI=1S/C21H24N4O3/c1-14-8-10-24(11-9-14)19(26)16-13-23(2)18-17(16)22-21(28)25(20(18)27)12-15-6-4-3-5-7-15/h3-7,13-14H,8-12H2,1-2H3,(H,22,28). The Morgan fingerprint density at radius 2 is 1.82 bits per heavy atom. The minimum atomic E-state index is -0.506. The zero-order chi connectivity index (χ0) is 19.8. The number of likely N-dealkylation sites (tertiary alicyclic amines) is 1. The van der Waals surface area contributed by atoms with Crippen LogP contribution in [0, 0.1) is 5.92 Å². The fraction of sp³-hybridized carbons (Fsp3) is 0.381. The van der Waals surface area contributed by atoms with Gasteiger partial charge in [0.1, 0.15) is 5.52 Å². The minimum absolute atomic E-state index is 0.131. The minimum Gasteiger partial charge on any atom is -0.344 e. The number of amides is 1. The Bertz CT molecular complexity index is 1130. The summed E-state index contributed by atoms with van der Waals surface area (Å²) < 4.78 is 2.81. The van der Waals surface area contributed by atoms with Gasteiger partial charge in [0.05, 0.1) is 17.6 Å². The van der Waals surface area contributed by atoms with Gasteiger partial charge in [-0.05, 0) is 24.3 Å². The fourth-order valence-corrected chi connectivity index (χ4v) is 3.86. The number of benzene rings is 1. The van der Waals surface area contributed by atoms with Crippen LogP contribution >= 0.6 is 0 Å². The number of aromatic nitrogens is 3. The number of aromatic amines is 1. The molecule has 4 rings (SSSR count). The molecule has 1 saturated heterocycles. The molecule has 0 saturated carbocycles. The van der Waals surface area contributed by atoms with Gasteiger partial charge in [0.15, 0.2) is 0 Å². The lowest BCUT2D eigenvalue weighted by Gasteiger charge is -2.30. The molecular formula is C21H24N4O3. The number of carbonyl (C=O) groups is 1. The van der Waals surface area contributed by atoms with Gasteiger partial charge in [0, 0.05) is 26.3 Å². The molecule has 1 aliphatic heterocycles. The molecule has 0 aliphatic carbocycles. The quantitative estimate of drug-likeness (QED) is 0.754. The molecule has 146 valence electrons. The van der Waals surface area contributed by atoms with Crippen LogP contribution in [-0.2, 0) is 13.6 Å². The van der Waals surface area contributed by atoms with Gasteiger partial charge in [0.2, 0.25) is 0 Å². The van der Waals surface area contributed by atoms with Crippen LogP contribution in [0.2, 0.25) is 0 Å². The molecular weight excluding hydrogens is 356 g/mol. The van der Waals surface area contributed by atoms with E-state index >= 15 is 0 Å². The maximum atomic E-state index is 13.0. The Kier molecular flexibility index (Phi) is 4.66. The first-order chi connectivity index (χ1) is 13.5. The molecule has 2 aromatic heterocycles. The second kappa shape index (κ2) is 7.14. The Hall–Kier alpha value is -3.09. The third kappa shape index (κ3) is 3.17. The summed E-state index contributed by atoms with van der Waals surface area (Å²) in [7, 11) is 1.73. The monoisotopic (exact) mass is 380 g/mol. The van der Waals surface area contributed by atoms with Crippen LogP contribution in [-0.4, -0.2) is 38.0 Å². The zero-order valence-corrected chi connectivity index (χ0v) is 16.1. The van der Waals surface area contributed by atoms with E-state index < -0.39 is 11.2 Å². The topological polar surface area (TPSA) is 80.1 Å². The third-order valence-corrected chi connectivity index (χ3v) is 5.59. The third-order valence-electron chi connectivity index (χ3n) is 5.59. The number of hydrogen-bond acceptors (Lipinski definition) is 3. The normalized spacial score (nSPS) is 15.3. The van der Waals surface area contributed by atoms with Crippen LogP contribution in [0.3, 0.4) is 0 Å². The highest BCUT2D eigenvalue weighted by atomic mass is 16.2. The Morgan fingerprint density at radius 3 is 2.50 bits per heavy atom. The summed E-state index contributed by atoms with van der Waals surface area (Å²) in [6.07, 6.45) is 3.59. The Morgan fingerprint density at radius 1 is 1.14 bits per heavy atom. The number of fused-ring (bicyclic) bond motifs is 1. The number of nitrogens with one attached hydrogen (secondary N) is 1. The van der Waals surface area contributed by atoms with E-state index in [1.54, 1.807) is 17.8 Å². The molecule has 1 aromatic carbocycles. The lowest BCUT2D eigenvalue weighted by Crippen LogP contribution is -2.38. The molecule has 1 amide bonds. The van der Waals surface area contributed by atoms with Crippen molar-refractivity contribution in [3.05, 3.63) is 68.5 Å². The van der Waals surface area contributed by atoms with E-state index in [-0.39, 0.29) is 12.5 Å². The highest BCUT2D eigenvalue weighted by Crippen LogP contribution is 2.21. The summed E-state index contributed by atoms with van der Waals surface area (Å²) in [6, 6.07) is 9.36. The first-order valence-electron chi connectivity index (χ1n) is 9.61. The van der Waals surface area contributed by atoms with E-state index in [2.05, 4.69) is 11.9 Å². The van der Waals surface area contributed by atoms with Gasteiger partial charge in [-0.1, -0.05) is 37.3 Å². The molecule has 0 bridgehead atoms. The maximum Gasteiger partial charge on any atom is 0.329 e. The molecule has 0 spiro atoms. The molecule has 1 N–H and O–H groups in total. The molecule has 0 unspecified atom stereocenters. The highest BCUT2D eigenvalue weighted by Gasteiger charge is 2.26. The number of H-pyrrole nitrogens is 1. The molecule has 3 aromatic rings. The van der Waals surface area contributed by atoms with Gasteiger partial charge in [-0.25, -0.2) is 4.79 Å². The number of rotatable bonds is 3.